The number of aromatic nitrogens is 1. The van der Waals surface area contributed by atoms with Crippen LogP contribution in [0.5, 0.6) is 0 Å². The van der Waals surface area contributed by atoms with Gasteiger partial charge in [-0.25, -0.2) is 0 Å². The topological polar surface area (TPSA) is 8.17 Å². The minimum Gasteiger partial charge on any atom is -0.309 e. The van der Waals surface area contributed by atoms with E-state index < -0.39 is 0 Å². The fourth-order valence-electron chi connectivity index (χ4n) is 8.35. The zero-order chi connectivity index (χ0) is 37.3. The van der Waals surface area contributed by atoms with Crippen molar-refractivity contribution in [1.29, 1.82) is 0 Å². The molecule has 10 rings (SSSR count). The molecule has 56 heavy (non-hydrogen) atoms. The van der Waals surface area contributed by atoms with Gasteiger partial charge in [0.15, 0.2) is 0 Å². The average molecular weight is 715 g/mol. The predicted molar refractivity (Wildman–Crippen MR) is 237 cm³/mol. The highest BCUT2D eigenvalue weighted by Gasteiger charge is 2.24. The van der Waals surface area contributed by atoms with E-state index in [2.05, 4.69) is 240 Å². The lowest BCUT2D eigenvalue weighted by Gasteiger charge is -2.30. The molecule has 0 amide bonds. The van der Waals surface area contributed by atoms with Crippen molar-refractivity contribution in [2.45, 2.75) is 0 Å². The molecule has 0 N–H and O–H groups in total. The summed E-state index contributed by atoms with van der Waals surface area (Å²) in [5.41, 5.74) is 13.8. The molecule has 0 spiro atoms. The first kappa shape index (κ1) is 33.2. The van der Waals surface area contributed by atoms with E-state index in [0.717, 1.165) is 33.9 Å². The quantitative estimate of drug-likeness (QED) is 0.142. The molecule has 0 fully saturated rings. The van der Waals surface area contributed by atoms with Crippen molar-refractivity contribution in [3.05, 3.63) is 253 Å². The van der Waals surface area contributed by atoms with Crippen LogP contribution in [-0.2, 0) is 0 Å². The van der Waals surface area contributed by atoms with Gasteiger partial charge in [0, 0.05) is 33.1 Å². The highest BCUT2D eigenvalue weighted by molar-refractivity contribution is 6.12. The molecular weight excluding hydrogens is 677 g/mol. The molecule has 9 aromatic carbocycles. The standard InChI is InChI=1S/C54H38N2/c1-5-21-40(22-6-1)53(41-23-7-2-8-24-41)54(42-25-9-3-10-26-42)47-32-16-18-34-51(47)56(49-35-19-27-39-20-13-14-30-45(39)49)44-36-37-52-48(38-44)46-31-15-17-33-50(46)55(52)43-28-11-4-12-29-43/h1-38H. The molecule has 264 valence electrons. The highest BCUT2D eigenvalue weighted by atomic mass is 15.1. The van der Waals surface area contributed by atoms with Gasteiger partial charge in [-0.1, -0.05) is 182 Å². The van der Waals surface area contributed by atoms with Crippen LogP contribution in [-0.4, -0.2) is 4.57 Å². The molecule has 2 nitrogen and oxygen atoms in total. The molecule has 0 saturated heterocycles. The molecule has 1 aromatic heterocycles. The molecule has 0 radical (unpaired) electrons. The maximum Gasteiger partial charge on any atom is 0.0542 e. The Kier molecular flexibility index (Phi) is 8.55. The maximum absolute atomic E-state index is 2.47. The number of benzene rings is 9. The molecule has 0 saturated carbocycles. The molecule has 0 bridgehead atoms. The summed E-state index contributed by atoms with van der Waals surface area (Å²) in [6, 6.07) is 83.2. The summed E-state index contributed by atoms with van der Waals surface area (Å²) in [7, 11) is 0. The Hall–Kier alpha value is -7.42. The van der Waals surface area contributed by atoms with E-state index in [9.17, 15) is 0 Å². The van der Waals surface area contributed by atoms with Gasteiger partial charge in [-0.05, 0) is 81.8 Å². The van der Waals surface area contributed by atoms with E-state index >= 15 is 0 Å². The van der Waals surface area contributed by atoms with Crippen molar-refractivity contribution in [2.24, 2.45) is 0 Å². The maximum atomic E-state index is 2.47. The molecule has 0 aliphatic rings. The first-order valence-electron chi connectivity index (χ1n) is 19.2. The second-order valence-electron chi connectivity index (χ2n) is 14.1. The molecular formula is C54H38N2. The number of anilines is 3. The van der Waals surface area contributed by atoms with Gasteiger partial charge in [-0.15, -0.1) is 0 Å². The first-order chi connectivity index (χ1) is 27.8. The summed E-state index contributed by atoms with van der Waals surface area (Å²) in [4.78, 5) is 2.47. The molecule has 1 heterocycles. The Morgan fingerprint density at radius 1 is 0.339 bits per heavy atom. The van der Waals surface area contributed by atoms with Crippen molar-refractivity contribution in [2.75, 3.05) is 4.90 Å². The van der Waals surface area contributed by atoms with E-state index in [1.807, 2.05) is 0 Å². The third-order valence-electron chi connectivity index (χ3n) is 10.8. The summed E-state index contributed by atoms with van der Waals surface area (Å²) >= 11 is 0. The lowest BCUT2D eigenvalue weighted by Crippen LogP contribution is -2.13. The number of nitrogens with zero attached hydrogens (tertiary/aromatic N) is 2. The monoisotopic (exact) mass is 714 g/mol. The van der Waals surface area contributed by atoms with E-state index in [1.54, 1.807) is 0 Å². The van der Waals surface area contributed by atoms with Gasteiger partial charge >= 0.3 is 0 Å². The number of rotatable bonds is 8. The van der Waals surface area contributed by atoms with Crippen LogP contribution in [0.2, 0.25) is 0 Å². The number of hydrogen-bond donors (Lipinski definition) is 0. The van der Waals surface area contributed by atoms with Crippen LogP contribution in [0.3, 0.4) is 0 Å². The van der Waals surface area contributed by atoms with Gasteiger partial charge in [0.25, 0.3) is 0 Å². The number of fused-ring (bicyclic) bond motifs is 4. The van der Waals surface area contributed by atoms with Crippen LogP contribution in [0.1, 0.15) is 22.3 Å². The van der Waals surface area contributed by atoms with Crippen LogP contribution in [0.15, 0.2) is 231 Å². The molecule has 0 unspecified atom stereocenters. The van der Waals surface area contributed by atoms with E-state index in [0.29, 0.717) is 0 Å². The Morgan fingerprint density at radius 2 is 0.839 bits per heavy atom. The van der Waals surface area contributed by atoms with Crippen molar-refractivity contribution < 1.29 is 0 Å². The van der Waals surface area contributed by atoms with Gasteiger partial charge in [-0.2, -0.15) is 0 Å². The minimum atomic E-state index is 1.09. The Bertz CT molecular complexity index is 2950. The first-order valence-corrected chi connectivity index (χ1v) is 19.2. The molecule has 0 atom stereocenters. The Morgan fingerprint density at radius 3 is 1.54 bits per heavy atom. The predicted octanol–water partition coefficient (Wildman–Crippen LogP) is 14.4. The van der Waals surface area contributed by atoms with Crippen LogP contribution < -0.4 is 4.90 Å². The SMILES string of the molecule is c1ccc(C(=C(c2ccccc2)c2ccccc2N(c2ccc3c(c2)c2ccccc2n3-c2ccccc2)c2cccc3ccccc23)c2ccccc2)cc1. The van der Waals surface area contributed by atoms with Crippen molar-refractivity contribution in [1.82, 2.24) is 4.57 Å². The van der Waals surface area contributed by atoms with Gasteiger partial charge in [0.05, 0.1) is 22.4 Å². The molecule has 10 aromatic rings. The van der Waals surface area contributed by atoms with E-state index in [4.69, 9.17) is 0 Å². The van der Waals surface area contributed by atoms with Crippen LogP contribution in [0, 0.1) is 0 Å². The summed E-state index contributed by atoms with van der Waals surface area (Å²) < 4.78 is 2.38. The second kappa shape index (κ2) is 14.4. The third kappa shape index (κ3) is 5.85. The minimum absolute atomic E-state index is 1.09. The fourth-order valence-corrected chi connectivity index (χ4v) is 8.35. The molecule has 2 heteroatoms. The number of para-hydroxylation sites is 3. The molecule has 0 aliphatic heterocycles. The van der Waals surface area contributed by atoms with E-state index in [1.165, 1.54) is 54.9 Å². The van der Waals surface area contributed by atoms with Gasteiger partial charge < -0.3 is 9.47 Å². The zero-order valence-electron chi connectivity index (χ0n) is 30.8. The van der Waals surface area contributed by atoms with Crippen LogP contribution >= 0.6 is 0 Å². The third-order valence-corrected chi connectivity index (χ3v) is 10.8. The highest BCUT2D eigenvalue weighted by Crippen LogP contribution is 2.47. The Balaban J connectivity index is 1.31. The summed E-state index contributed by atoms with van der Waals surface area (Å²) in [5.74, 6) is 0. The van der Waals surface area contributed by atoms with Crippen LogP contribution in [0.25, 0.3) is 49.4 Å². The van der Waals surface area contributed by atoms with Gasteiger partial charge in [0.2, 0.25) is 0 Å². The summed E-state index contributed by atoms with van der Waals surface area (Å²) in [6.45, 7) is 0. The second-order valence-corrected chi connectivity index (χ2v) is 14.1. The lowest BCUT2D eigenvalue weighted by atomic mass is 9.85. The van der Waals surface area contributed by atoms with Crippen molar-refractivity contribution in [3.63, 3.8) is 0 Å². The average Bonchev–Trinajstić information content (AvgIpc) is 3.61. The number of hydrogen-bond acceptors (Lipinski definition) is 1. The lowest BCUT2D eigenvalue weighted by molar-refractivity contribution is 1.18. The smallest absolute Gasteiger partial charge is 0.0542 e. The normalized spacial score (nSPS) is 11.2. The fraction of sp³-hybridized carbons (Fsp3) is 0. The molecule has 0 aliphatic carbocycles. The zero-order valence-corrected chi connectivity index (χ0v) is 30.8. The Labute approximate surface area is 327 Å². The van der Waals surface area contributed by atoms with Crippen molar-refractivity contribution in [3.8, 4) is 5.69 Å². The van der Waals surface area contributed by atoms with E-state index in [-0.39, 0.29) is 0 Å². The summed E-state index contributed by atoms with van der Waals surface area (Å²) in [5, 5.41) is 4.81. The van der Waals surface area contributed by atoms with Crippen LogP contribution in [0.4, 0.5) is 17.1 Å². The van der Waals surface area contributed by atoms with Gasteiger partial charge in [0.1, 0.15) is 0 Å². The van der Waals surface area contributed by atoms with Crippen molar-refractivity contribution >= 4 is 60.8 Å². The van der Waals surface area contributed by atoms with Gasteiger partial charge in [-0.3, -0.25) is 0 Å². The summed E-state index contributed by atoms with van der Waals surface area (Å²) in [6.07, 6.45) is 0. The largest absolute Gasteiger partial charge is 0.309 e.